The molecule has 2 rings (SSSR count). The smallest absolute Gasteiger partial charge is 0.414 e. The van der Waals surface area contributed by atoms with Crippen LogP contribution in [-0.4, -0.2) is 108 Å². The van der Waals surface area contributed by atoms with Gasteiger partial charge in [0, 0.05) is 38.0 Å². The molecule has 0 amide bonds. The standard InChI is InChI=1S/C31H55N3O2.C2H2O4/c1-7-18-32(19-8-2)23-28-25-34(22-11-5)26-29(24-33(20-9-3)21-10-4)31(28,30(35)36-12-6)27-16-14-13-15-17-27;3-1(4)2(5)6/h13-17,28-29H,7-12,18-26H2,1-6H3;(H,3,4)(H,5,6). The van der Waals surface area contributed by atoms with Crippen LogP contribution in [0.2, 0.25) is 0 Å². The molecule has 240 valence electrons. The number of piperidine rings is 1. The Morgan fingerprint density at radius 2 is 1.19 bits per heavy atom. The quantitative estimate of drug-likeness (QED) is 0.194. The third kappa shape index (κ3) is 11.0. The van der Waals surface area contributed by atoms with Gasteiger partial charge in [0.25, 0.3) is 0 Å². The van der Waals surface area contributed by atoms with Crippen molar-refractivity contribution in [2.24, 2.45) is 11.8 Å². The molecule has 2 N–H and O–H groups in total. The Labute approximate surface area is 254 Å². The summed E-state index contributed by atoms with van der Waals surface area (Å²) in [6.45, 7) is 22.9. The van der Waals surface area contributed by atoms with Crippen molar-refractivity contribution < 1.29 is 29.3 Å². The number of carbonyl (C=O) groups is 3. The molecule has 2 atom stereocenters. The van der Waals surface area contributed by atoms with E-state index in [4.69, 9.17) is 24.5 Å². The number of carboxylic acids is 2. The van der Waals surface area contributed by atoms with Gasteiger partial charge in [0.05, 0.1) is 6.61 Å². The summed E-state index contributed by atoms with van der Waals surface area (Å²) in [5.74, 6) is -3.28. The Morgan fingerprint density at radius 1 is 0.762 bits per heavy atom. The number of benzene rings is 1. The van der Waals surface area contributed by atoms with E-state index in [1.54, 1.807) is 0 Å². The van der Waals surface area contributed by atoms with Gasteiger partial charge in [-0.05, 0) is 77.3 Å². The van der Waals surface area contributed by atoms with Gasteiger partial charge in [-0.3, -0.25) is 4.79 Å². The van der Waals surface area contributed by atoms with E-state index in [-0.39, 0.29) is 17.8 Å². The first-order chi connectivity index (χ1) is 20.1. The number of hydrogen-bond acceptors (Lipinski definition) is 7. The van der Waals surface area contributed by atoms with E-state index in [0.717, 1.165) is 96.6 Å². The molecule has 1 saturated heterocycles. The van der Waals surface area contributed by atoms with Crippen molar-refractivity contribution in [1.29, 1.82) is 0 Å². The van der Waals surface area contributed by atoms with Gasteiger partial charge in [0.15, 0.2) is 0 Å². The van der Waals surface area contributed by atoms with Crippen LogP contribution in [0, 0.1) is 11.8 Å². The molecular weight excluding hydrogens is 534 g/mol. The monoisotopic (exact) mass is 591 g/mol. The highest BCUT2D eigenvalue weighted by Gasteiger charge is 2.57. The molecule has 2 unspecified atom stereocenters. The third-order valence-electron chi connectivity index (χ3n) is 7.95. The molecule has 1 aliphatic heterocycles. The van der Waals surface area contributed by atoms with Gasteiger partial charge in [-0.25, -0.2) is 9.59 Å². The van der Waals surface area contributed by atoms with Crippen LogP contribution in [0.25, 0.3) is 0 Å². The van der Waals surface area contributed by atoms with Crippen LogP contribution >= 0.6 is 0 Å². The lowest BCUT2D eigenvalue weighted by molar-refractivity contribution is -0.161. The fourth-order valence-electron chi connectivity index (χ4n) is 6.59. The van der Waals surface area contributed by atoms with E-state index in [9.17, 15) is 4.79 Å². The fraction of sp³-hybridized carbons (Fsp3) is 0.727. The number of aliphatic carboxylic acids is 2. The molecule has 0 spiro atoms. The summed E-state index contributed by atoms with van der Waals surface area (Å²) in [6.07, 6.45) is 5.67. The minimum absolute atomic E-state index is 0.0109. The van der Waals surface area contributed by atoms with Gasteiger partial charge in [-0.15, -0.1) is 0 Å². The molecular formula is C33H57N3O6. The van der Waals surface area contributed by atoms with Crippen LogP contribution < -0.4 is 0 Å². The van der Waals surface area contributed by atoms with E-state index >= 15 is 0 Å². The van der Waals surface area contributed by atoms with Crippen molar-refractivity contribution in [2.45, 2.75) is 79.1 Å². The van der Waals surface area contributed by atoms with Gasteiger partial charge in [-0.2, -0.15) is 0 Å². The Hall–Kier alpha value is -2.49. The van der Waals surface area contributed by atoms with Crippen molar-refractivity contribution in [3.8, 4) is 0 Å². The first-order valence-electron chi connectivity index (χ1n) is 16.0. The maximum Gasteiger partial charge on any atom is 0.414 e. The van der Waals surface area contributed by atoms with E-state index in [1.807, 2.05) is 6.92 Å². The zero-order valence-electron chi connectivity index (χ0n) is 27.0. The maximum atomic E-state index is 14.3. The highest BCUT2D eigenvalue weighted by Crippen LogP contribution is 2.46. The fourth-order valence-corrected chi connectivity index (χ4v) is 6.59. The average molecular weight is 592 g/mol. The normalized spacial score (nSPS) is 20.7. The van der Waals surface area contributed by atoms with Crippen molar-refractivity contribution in [1.82, 2.24) is 14.7 Å². The van der Waals surface area contributed by atoms with Crippen LogP contribution in [0.3, 0.4) is 0 Å². The summed E-state index contributed by atoms with van der Waals surface area (Å²) in [6, 6.07) is 10.7. The molecule has 1 heterocycles. The second-order valence-electron chi connectivity index (χ2n) is 11.3. The number of rotatable bonds is 17. The zero-order chi connectivity index (χ0) is 31.5. The molecule has 0 aromatic heterocycles. The van der Waals surface area contributed by atoms with Gasteiger partial charge in [0.1, 0.15) is 5.41 Å². The van der Waals surface area contributed by atoms with E-state index in [2.05, 4.69) is 79.7 Å². The third-order valence-corrected chi connectivity index (χ3v) is 7.95. The molecule has 0 saturated carbocycles. The lowest BCUT2D eigenvalue weighted by atomic mass is 9.59. The Kier molecular flexibility index (Phi) is 18.3. The predicted octanol–water partition coefficient (Wildman–Crippen LogP) is 4.85. The summed E-state index contributed by atoms with van der Waals surface area (Å²) in [5.41, 5.74) is 0.511. The second-order valence-corrected chi connectivity index (χ2v) is 11.3. The van der Waals surface area contributed by atoms with Crippen molar-refractivity contribution >= 4 is 17.9 Å². The summed E-state index contributed by atoms with van der Waals surface area (Å²) >= 11 is 0. The summed E-state index contributed by atoms with van der Waals surface area (Å²) < 4.78 is 6.00. The summed E-state index contributed by atoms with van der Waals surface area (Å²) in [4.78, 5) is 40.4. The maximum absolute atomic E-state index is 14.3. The second kappa shape index (κ2) is 20.4. The molecule has 1 aromatic rings. The molecule has 9 nitrogen and oxygen atoms in total. The van der Waals surface area contributed by atoms with Crippen LogP contribution in [0.4, 0.5) is 0 Å². The van der Waals surface area contributed by atoms with E-state index in [1.165, 1.54) is 0 Å². The number of nitrogens with zero attached hydrogens (tertiary/aromatic N) is 3. The average Bonchev–Trinajstić information content (AvgIpc) is 2.95. The van der Waals surface area contributed by atoms with Gasteiger partial charge >= 0.3 is 17.9 Å². The van der Waals surface area contributed by atoms with Crippen molar-refractivity contribution in [2.75, 3.05) is 65.5 Å². The molecule has 1 fully saturated rings. The SMILES string of the molecule is CCCN(CCC)CC1CN(CCC)CC(CN(CCC)CCC)C1(C(=O)OCC)c1ccccc1.O=C(O)C(=O)O. The van der Waals surface area contributed by atoms with Gasteiger partial charge in [0.2, 0.25) is 0 Å². The van der Waals surface area contributed by atoms with E-state index < -0.39 is 17.4 Å². The molecule has 0 bridgehead atoms. The Balaban J connectivity index is 0.00000132. The largest absolute Gasteiger partial charge is 0.473 e. The molecule has 1 aromatic carbocycles. The minimum atomic E-state index is -1.82. The number of ether oxygens (including phenoxy) is 1. The highest BCUT2D eigenvalue weighted by atomic mass is 16.5. The minimum Gasteiger partial charge on any atom is -0.473 e. The lowest BCUT2D eigenvalue weighted by Crippen LogP contribution is -2.65. The molecule has 9 heteroatoms. The van der Waals surface area contributed by atoms with Crippen LogP contribution in [-0.2, 0) is 24.5 Å². The van der Waals surface area contributed by atoms with Crippen LogP contribution in [0.1, 0.15) is 79.2 Å². The van der Waals surface area contributed by atoms with Gasteiger partial charge in [-0.1, -0.05) is 65.0 Å². The van der Waals surface area contributed by atoms with E-state index in [0.29, 0.717) is 6.61 Å². The number of carboxylic acid groups (broad SMARTS) is 2. The first kappa shape index (κ1) is 37.5. The lowest BCUT2D eigenvalue weighted by Gasteiger charge is -2.53. The topological polar surface area (TPSA) is 111 Å². The first-order valence-corrected chi connectivity index (χ1v) is 16.0. The molecule has 0 radical (unpaired) electrons. The number of hydrogen-bond donors (Lipinski definition) is 2. The molecule has 0 aliphatic carbocycles. The summed E-state index contributed by atoms with van der Waals surface area (Å²) in [5, 5.41) is 14.8. The number of esters is 1. The number of carbonyl (C=O) groups excluding carboxylic acids is 1. The zero-order valence-corrected chi connectivity index (χ0v) is 27.0. The van der Waals surface area contributed by atoms with Crippen LogP contribution in [0.15, 0.2) is 30.3 Å². The Morgan fingerprint density at radius 3 is 1.52 bits per heavy atom. The van der Waals surface area contributed by atoms with Crippen LogP contribution in [0.5, 0.6) is 0 Å². The summed E-state index contributed by atoms with van der Waals surface area (Å²) in [7, 11) is 0. The molecule has 1 aliphatic rings. The number of likely N-dealkylation sites (tertiary alicyclic amines) is 1. The van der Waals surface area contributed by atoms with Gasteiger partial charge < -0.3 is 29.6 Å². The predicted molar refractivity (Wildman–Crippen MR) is 168 cm³/mol. The van der Waals surface area contributed by atoms with Crippen molar-refractivity contribution in [3.05, 3.63) is 35.9 Å². The van der Waals surface area contributed by atoms with Crippen molar-refractivity contribution in [3.63, 3.8) is 0 Å². The Bertz CT molecular complexity index is 860. The molecule has 42 heavy (non-hydrogen) atoms. The highest BCUT2D eigenvalue weighted by molar-refractivity contribution is 6.27.